The minimum atomic E-state index is -0.877. The molecule has 0 saturated heterocycles. The molecule has 0 aliphatic carbocycles. The normalized spacial score (nSPS) is 12.1. The summed E-state index contributed by atoms with van der Waals surface area (Å²) < 4.78 is 10.7. The summed E-state index contributed by atoms with van der Waals surface area (Å²) in [6.07, 6.45) is 1.61. The molecule has 0 spiro atoms. The summed E-state index contributed by atoms with van der Waals surface area (Å²) in [4.78, 5) is 11.5. The summed E-state index contributed by atoms with van der Waals surface area (Å²) in [5.41, 5.74) is 6.68. The molecular weight excluding hydrogens is 212 g/mol. The number of anilines is 1. The van der Waals surface area contributed by atoms with Gasteiger partial charge in [0.15, 0.2) is 0 Å². The van der Waals surface area contributed by atoms with Gasteiger partial charge in [-0.3, -0.25) is 9.00 Å². The van der Waals surface area contributed by atoms with Gasteiger partial charge in [-0.15, -0.1) is 0 Å². The van der Waals surface area contributed by atoms with Crippen LogP contribution < -0.4 is 11.1 Å². The third-order valence-corrected chi connectivity index (χ3v) is 2.63. The highest BCUT2D eigenvalue weighted by Crippen LogP contribution is 2.04. The fourth-order valence-corrected chi connectivity index (χ4v) is 1.43. The third kappa shape index (κ3) is 4.12. The van der Waals surface area contributed by atoms with Crippen LogP contribution in [0.25, 0.3) is 0 Å². The number of benzene rings is 1. The Bertz CT molecular complexity index is 362. The van der Waals surface area contributed by atoms with Gasteiger partial charge in [-0.25, -0.2) is 0 Å². The number of nitrogen functional groups attached to an aromatic ring is 1. The van der Waals surface area contributed by atoms with Crippen LogP contribution in [0.5, 0.6) is 0 Å². The SMILES string of the molecule is CS(=O)CCNC(=O)c1ccc(N)cc1. The van der Waals surface area contributed by atoms with Crippen LogP contribution in [0.2, 0.25) is 0 Å². The highest BCUT2D eigenvalue weighted by Gasteiger charge is 2.03. The lowest BCUT2D eigenvalue weighted by molar-refractivity contribution is 0.0956. The van der Waals surface area contributed by atoms with Crippen molar-refractivity contribution in [3.63, 3.8) is 0 Å². The highest BCUT2D eigenvalue weighted by molar-refractivity contribution is 7.84. The van der Waals surface area contributed by atoms with Crippen molar-refractivity contribution in [1.82, 2.24) is 5.32 Å². The molecule has 0 radical (unpaired) electrons. The molecule has 3 N–H and O–H groups in total. The Morgan fingerprint density at radius 1 is 1.40 bits per heavy atom. The molecule has 5 heteroatoms. The predicted octanol–water partition coefficient (Wildman–Crippen LogP) is 0.377. The molecule has 0 aliphatic heterocycles. The average molecular weight is 226 g/mol. The predicted molar refractivity (Wildman–Crippen MR) is 62.1 cm³/mol. The van der Waals surface area contributed by atoms with Crippen LogP contribution in [-0.4, -0.2) is 28.7 Å². The van der Waals surface area contributed by atoms with Gasteiger partial charge in [0.2, 0.25) is 0 Å². The first-order valence-electron chi connectivity index (χ1n) is 4.53. The zero-order valence-corrected chi connectivity index (χ0v) is 9.34. The molecule has 0 aromatic heterocycles. The Morgan fingerprint density at radius 2 is 2.00 bits per heavy atom. The van der Waals surface area contributed by atoms with Crippen molar-refractivity contribution in [3.8, 4) is 0 Å². The monoisotopic (exact) mass is 226 g/mol. The van der Waals surface area contributed by atoms with E-state index in [1.807, 2.05) is 0 Å². The summed E-state index contributed by atoms with van der Waals surface area (Å²) in [6.45, 7) is 0.423. The quantitative estimate of drug-likeness (QED) is 0.729. The number of nitrogens with two attached hydrogens (primary N) is 1. The molecule has 0 bridgehead atoms. The van der Waals surface area contributed by atoms with Gasteiger partial charge < -0.3 is 11.1 Å². The highest BCUT2D eigenvalue weighted by atomic mass is 32.2. The van der Waals surface area contributed by atoms with E-state index in [2.05, 4.69) is 5.32 Å². The van der Waals surface area contributed by atoms with E-state index >= 15 is 0 Å². The van der Waals surface area contributed by atoms with E-state index in [0.29, 0.717) is 23.5 Å². The average Bonchev–Trinajstić information content (AvgIpc) is 2.18. The van der Waals surface area contributed by atoms with Crippen LogP contribution in [0.15, 0.2) is 24.3 Å². The second kappa shape index (κ2) is 5.50. The van der Waals surface area contributed by atoms with Gasteiger partial charge in [-0.05, 0) is 24.3 Å². The van der Waals surface area contributed by atoms with E-state index < -0.39 is 10.8 Å². The second-order valence-electron chi connectivity index (χ2n) is 3.16. The first kappa shape index (κ1) is 11.7. The molecule has 0 aliphatic rings. The fraction of sp³-hybridized carbons (Fsp3) is 0.300. The number of rotatable bonds is 4. The summed E-state index contributed by atoms with van der Waals surface area (Å²) in [7, 11) is -0.877. The van der Waals surface area contributed by atoms with E-state index in [1.165, 1.54) is 0 Å². The number of hydrogen-bond donors (Lipinski definition) is 2. The third-order valence-electron chi connectivity index (χ3n) is 1.85. The van der Waals surface area contributed by atoms with Crippen molar-refractivity contribution < 1.29 is 9.00 Å². The maximum atomic E-state index is 11.5. The van der Waals surface area contributed by atoms with Crippen molar-refractivity contribution in [2.75, 3.05) is 24.3 Å². The van der Waals surface area contributed by atoms with E-state index in [0.717, 1.165) is 0 Å². The zero-order valence-electron chi connectivity index (χ0n) is 8.53. The standard InChI is InChI=1S/C10H14N2O2S/c1-15(14)7-6-12-10(13)8-2-4-9(11)5-3-8/h2-5H,6-7,11H2,1H3,(H,12,13). The molecule has 1 amide bonds. The van der Waals surface area contributed by atoms with Crippen LogP contribution >= 0.6 is 0 Å². The Labute approximate surface area is 91.3 Å². The second-order valence-corrected chi connectivity index (χ2v) is 4.71. The summed E-state index contributed by atoms with van der Waals surface area (Å²) >= 11 is 0. The Kier molecular flexibility index (Phi) is 4.30. The molecule has 1 atom stereocenters. The van der Waals surface area contributed by atoms with Crippen LogP contribution in [0.3, 0.4) is 0 Å². The molecule has 0 saturated carbocycles. The minimum absolute atomic E-state index is 0.166. The van der Waals surface area contributed by atoms with Crippen molar-refractivity contribution in [2.45, 2.75) is 0 Å². The van der Waals surface area contributed by atoms with Crippen LogP contribution in [0, 0.1) is 0 Å². The number of hydrogen-bond acceptors (Lipinski definition) is 3. The van der Waals surface area contributed by atoms with Crippen molar-refractivity contribution >= 4 is 22.4 Å². The number of carbonyl (C=O) groups is 1. The minimum Gasteiger partial charge on any atom is -0.399 e. The van der Waals surface area contributed by atoms with Crippen molar-refractivity contribution in [1.29, 1.82) is 0 Å². The van der Waals surface area contributed by atoms with Gasteiger partial charge in [-0.1, -0.05) is 0 Å². The van der Waals surface area contributed by atoms with Gasteiger partial charge in [0.05, 0.1) is 0 Å². The van der Waals surface area contributed by atoms with Gasteiger partial charge in [-0.2, -0.15) is 0 Å². The summed E-state index contributed by atoms with van der Waals surface area (Å²) in [6, 6.07) is 6.67. The molecule has 1 rings (SSSR count). The van der Waals surface area contributed by atoms with Gasteiger partial charge in [0.25, 0.3) is 5.91 Å². The number of amides is 1. The Balaban J connectivity index is 2.47. The van der Waals surface area contributed by atoms with Gasteiger partial charge >= 0.3 is 0 Å². The maximum Gasteiger partial charge on any atom is 0.251 e. The lowest BCUT2D eigenvalue weighted by Crippen LogP contribution is -2.27. The molecule has 82 valence electrons. The largest absolute Gasteiger partial charge is 0.399 e. The summed E-state index contributed by atoms with van der Waals surface area (Å²) in [5.74, 6) is 0.307. The lowest BCUT2D eigenvalue weighted by Gasteiger charge is -2.03. The maximum absolute atomic E-state index is 11.5. The molecular formula is C10H14N2O2S. The summed E-state index contributed by atoms with van der Waals surface area (Å²) in [5, 5.41) is 2.68. The van der Waals surface area contributed by atoms with E-state index in [4.69, 9.17) is 5.73 Å². The topological polar surface area (TPSA) is 72.2 Å². The number of carbonyl (C=O) groups excluding carboxylic acids is 1. The molecule has 1 unspecified atom stereocenters. The van der Waals surface area contributed by atoms with Crippen LogP contribution in [0.1, 0.15) is 10.4 Å². The molecule has 15 heavy (non-hydrogen) atoms. The molecule has 4 nitrogen and oxygen atoms in total. The van der Waals surface area contributed by atoms with Crippen molar-refractivity contribution in [2.24, 2.45) is 0 Å². The molecule has 1 aromatic carbocycles. The molecule has 0 fully saturated rings. The Hall–Kier alpha value is -1.36. The molecule has 1 aromatic rings. The fourth-order valence-electron chi connectivity index (χ4n) is 1.04. The van der Waals surface area contributed by atoms with Crippen LogP contribution in [0.4, 0.5) is 5.69 Å². The van der Waals surface area contributed by atoms with Gasteiger partial charge in [0, 0.05) is 40.6 Å². The first-order chi connectivity index (χ1) is 7.09. The lowest BCUT2D eigenvalue weighted by atomic mass is 10.2. The van der Waals surface area contributed by atoms with E-state index in [1.54, 1.807) is 30.5 Å². The van der Waals surface area contributed by atoms with Gasteiger partial charge in [0.1, 0.15) is 0 Å². The van der Waals surface area contributed by atoms with Crippen molar-refractivity contribution in [3.05, 3.63) is 29.8 Å². The number of nitrogens with one attached hydrogen (secondary N) is 1. The molecule has 0 heterocycles. The van der Waals surface area contributed by atoms with Crippen LogP contribution in [-0.2, 0) is 10.8 Å². The zero-order chi connectivity index (χ0) is 11.3. The smallest absolute Gasteiger partial charge is 0.251 e. The van der Waals surface area contributed by atoms with E-state index in [9.17, 15) is 9.00 Å². The van der Waals surface area contributed by atoms with E-state index in [-0.39, 0.29) is 5.91 Å². The first-order valence-corrected chi connectivity index (χ1v) is 6.26. The Morgan fingerprint density at radius 3 is 2.53 bits per heavy atom.